The third-order valence-corrected chi connectivity index (χ3v) is 4.97. The van der Waals surface area contributed by atoms with Gasteiger partial charge in [0.2, 0.25) is 5.91 Å². The fourth-order valence-electron chi connectivity index (χ4n) is 3.29. The molecule has 0 fully saturated rings. The lowest BCUT2D eigenvalue weighted by Gasteiger charge is -2.09. The molecular weight excluding hydrogens is 370 g/mol. The zero-order valence-electron chi connectivity index (χ0n) is 16.9. The molecule has 1 amide bonds. The molecule has 0 saturated heterocycles. The summed E-state index contributed by atoms with van der Waals surface area (Å²) in [4.78, 5) is 24.6. The molecule has 0 radical (unpaired) electrons. The molecule has 1 heterocycles. The number of methoxy groups -OCH3 is 2. The summed E-state index contributed by atoms with van der Waals surface area (Å²) >= 11 is 0. The number of carbonyl (C=O) groups excluding carboxylic acids is 1. The average Bonchev–Trinajstić information content (AvgIpc) is 2.73. The normalized spacial score (nSPS) is 10.7. The van der Waals surface area contributed by atoms with Crippen LogP contribution in [0.25, 0.3) is 11.0 Å². The van der Waals surface area contributed by atoms with Crippen LogP contribution < -0.4 is 20.4 Å². The number of ether oxygens (including phenoxy) is 2. The number of hydrogen-bond donors (Lipinski definition) is 1. The van der Waals surface area contributed by atoms with Gasteiger partial charge < -0.3 is 19.2 Å². The molecule has 0 aliphatic rings. The van der Waals surface area contributed by atoms with Crippen molar-refractivity contribution in [1.82, 2.24) is 5.32 Å². The first-order valence-corrected chi connectivity index (χ1v) is 9.51. The van der Waals surface area contributed by atoms with Crippen molar-refractivity contribution in [3.05, 3.63) is 69.6 Å². The molecule has 1 aromatic heterocycles. The highest BCUT2D eigenvalue weighted by Gasteiger charge is 2.13. The minimum absolute atomic E-state index is 0.0958. The van der Waals surface area contributed by atoms with Crippen LogP contribution in [0.3, 0.4) is 0 Å². The molecular formula is C23H25NO5. The second-order valence-electron chi connectivity index (χ2n) is 6.81. The van der Waals surface area contributed by atoms with Crippen molar-refractivity contribution in [2.75, 3.05) is 20.8 Å². The van der Waals surface area contributed by atoms with Crippen molar-refractivity contribution in [3.63, 3.8) is 0 Å². The van der Waals surface area contributed by atoms with Gasteiger partial charge in [0, 0.05) is 30.0 Å². The number of carbonyl (C=O) groups is 1. The van der Waals surface area contributed by atoms with Gasteiger partial charge in [0.15, 0.2) is 0 Å². The second kappa shape index (κ2) is 9.28. The van der Waals surface area contributed by atoms with Crippen molar-refractivity contribution in [1.29, 1.82) is 0 Å². The Bertz CT molecular complexity index is 1070. The molecule has 0 saturated carbocycles. The van der Waals surface area contributed by atoms with Gasteiger partial charge in [0.1, 0.15) is 17.1 Å². The van der Waals surface area contributed by atoms with Crippen molar-refractivity contribution in [3.8, 4) is 11.5 Å². The van der Waals surface area contributed by atoms with Gasteiger partial charge >= 0.3 is 5.63 Å². The minimum Gasteiger partial charge on any atom is -0.497 e. The monoisotopic (exact) mass is 395 g/mol. The van der Waals surface area contributed by atoms with E-state index in [-0.39, 0.29) is 12.3 Å². The van der Waals surface area contributed by atoms with Crippen LogP contribution in [0.5, 0.6) is 11.5 Å². The topological polar surface area (TPSA) is 77.8 Å². The molecule has 0 spiro atoms. The van der Waals surface area contributed by atoms with Crippen molar-refractivity contribution in [2.24, 2.45) is 0 Å². The number of amides is 1. The lowest BCUT2D eigenvalue weighted by atomic mass is 10.0. The maximum absolute atomic E-state index is 12.4. The average molecular weight is 395 g/mol. The van der Waals surface area contributed by atoms with E-state index in [0.29, 0.717) is 36.3 Å². The van der Waals surface area contributed by atoms with E-state index in [9.17, 15) is 9.59 Å². The van der Waals surface area contributed by atoms with Crippen LogP contribution in [0, 0.1) is 6.92 Å². The molecule has 0 unspecified atom stereocenters. The van der Waals surface area contributed by atoms with Crippen LogP contribution in [0.15, 0.2) is 51.7 Å². The van der Waals surface area contributed by atoms with E-state index in [1.165, 1.54) is 0 Å². The summed E-state index contributed by atoms with van der Waals surface area (Å²) in [6.07, 6.45) is 1.27. The molecule has 0 atom stereocenters. The van der Waals surface area contributed by atoms with E-state index in [1.807, 2.05) is 43.3 Å². The molecule has 3 rings (SSSR count). The molecule has 2 aromatic carbocycles. The number of hydrogen-bond acceptors (Lipinski definition) is 5. The molecule has 29 heavy (non-hydrogen) atoms. The molecule has 3 aromatic rings. The number of rotatable bonds is 8. The SMILES string of the molecule is COc1cccc(CCNC(=O)CCc2c(C)c3ccc(OC)cc3oc2=O)c1. The summed E-state index contributed by atoms with van der Waals surface area (Å²) < 4.78 is 15.8. The molecule has 6 heteroatoms. The quantitative estimate of drug-likeness (QED) is 0.592. The number of fused-ring (bicyclic) bond motifs is 1. The number of aryl methyl sites for hydroxylation is 1. The van der Waals surface area contributed by atoms with E-state index in [1.54, 1.807) is 20.3 Å². The molecule has 6 nitrogen and oxygen atoms in total. The maximum atomic E-state index is 12.4. The summed E-state index contributed by atoms with van der Waals surface area (Å²) in [6.45, 7) is 2.40. The Labute approximate surface area is 169 Å². The zero-order valence-corrected chi connectivity index (χ0v) is 16.9. The Kier molecular flexibility index (Phi) is 6.54. The van der Waals surface area contributed by atoms with Crippen molar-refractivity contribution >= 4 is 16.9 Å². The Morgan fingerprint density at radius 3 is 2.55 bits per heavy atom. The molecule has 0 bridgehead atoms. The molecule has 152 valence electrons. The van der Waals surface area contributed by atoms with Crippen molar-refractivity contribution in [2.45, 2.75) is 26.2 Å². The lowest BCUT2D eigenvalue weighted by molar-refractivity contribution is -0.121. The van der Waals surface area contributed by atoms with Gasteiger partial charge in [-0.25, -0.2) is 4.79 Å². The van der Waals surface area contributed by atoms with Gasteiger partial charge in [-0.05, 0) is 55.2 Å². The molecule has 0 aliphatic heterocycles. The molecule has 0 aliphatic carbocycles. The number of nitrogens with one attached hydrogen (secondary N) is 1. The smallest absolute Gasteiger partial charge is 0.339 e. The van der Waals surface area contributed by atoms with Gasteiger partial charge in [0.25, 0.3) is 0 Å². The Balaban J connectivity index is 1.59. The van der Waals surface area contributed by atoms with Gasteiger partial charge in [-0.15, -0.1) is 0 Å². The maximum Gasteiger partial charge on any atom is 0.339 e. The van der Waals surface area contributed by atoms with Crippen LogP contribution in [0.1, 0.15) is 23.1 Å². The summed E-state index contributed by atoms with van der Waals surface area (Å²) in [5, 5.41) is 3.75. The van der Waals surface area contributed by atoms with Gasteiger partial charge in [-0.1, -0.05) is 12.1 Å². The predicted octanol–water partition coefficient (Wildman–Crippen LogP) is 3.41. The van der Waals surface area contributed by atoms with Crippen LogP contribution in [-0.4, -0.2) is 26.7 Å². The van der Waals surface area contributed by atoms with E-state index in [0.717, 1.165) is 22.3 Å². The summed E-state index contributed by atoms with van der Waals surface area (Å²) in [5.74, 6) is 1.33. The highest BCUT2D eigenvalue weighted by atomic mass is 16.5. The van der Waals surface area contributed by atoms with Crippen LogP contribution in [-0.2, 0) is 17.6 Å². The highest BCUT2D eigenvalue weighted by Crippen LogP contribution is 2.24. The van der Waals surface area contributed by atoms with Crippen LogP contribution in [0.4, 0.5) is 0 Å². The lowest BCUT2D eigenvalue weighted by Crippen LogP contribution is -2.26. The first-order valence-electron chi connectivity index (χ1n) is 9.51. The van der Waals surface area contributed by atoms with Crippen LogP contribution >= 0.6 is 0 Å². The van der Waals surface area contributed by atoms with Crippen LogP contribution in [0.2, 0.25) is 0 Å². The van der Waals surface area contributed by atoms with Gasteiger partial charge in [-0.2, -0.15) is 0 Å². The predicted molar refractivity (Wildman–Crippen MR) is 112 cm³/mol. The highest BCUT2D eigenvalue weighted by molar-refractivity contribution is 5.82. The Hall–Kier alpha value is -3.28. The minimum atomic E-state index is -0.410. The summed E-state index contributed by atoms with van der Waals surface area (Å²) in [5.41, 5.74) is 2.53. The van der Waals surface area contributed by atoms with Gasteiger partial charge in [0.05, 0.1) is 14.2 Å². The summed E-state index contributed by atoms with van der Waals surface area (Å²) in [7, 11) is 3.19. The zero-order chi connectivity index (χ0) is 20.8. The first kappa shape index (κ1) is 20.5. The third-order valence-electron chi connectivity index (χ3n) is 4.97. The summed E-state index contributed by atoms with van der Waals surface area (Å²) in [6, 6.07) is 13.1. The van der Waals surface area contributed by atoms with E-state index in [4.69, 9.17) is 13.9 Å². The van der Waals surface area contributed by atoms with Gasteiger partial charge in [-0.3, -0.25) is 4.79 Å². The first-order chi connectivity index (χ1) is 14.0. The third kappa shape index (κ3) is 4.96. The van der Waals surface area contributed by atoms with E-state index >= 15 is 0 Å². The second-order valence-corrected chi connectivity index (χ2v) is 6.81. The Morgan fingerprint density at radius 2 is 1.79 bits per heavy atom. The van der Waals surface area contributed by atoms with E-state index in [2.05, 4.69) is 5.32 Å². The molecule has 1 N–H and O–H groups in total. The largest absolute Gasteiger partial charge is 0.497 e. The van der Waals surface area contributed by atoms with E-state index < -0.39 is 5.63 Å². The fraction of sp³-hybridized carbons (Fsp3) is 0.304. The van der Waals surface area contributed by atoms with Crippen molar-refractivity contribution < 1.29 is 18.7 Å². The Morgan fingerprint density at radius 1 is 1.03 bits per heavy atom. The number of benzene rings is 2. The fourth-order valence-corrected chi connectivity index (χ4v) is 3.29. The standard InChI is InChI=1S/C23H25NO5/c1-15-19-8-7-18(28-3)14-21(19)29-23(26)20(15)9-10-22(25)24-12-11-16-5-4-6-17(13-16)27-2/h4-8,13-14H,9-12H2,1-3H3,(H,24,25).